The topological polar surface area (TPSA) is 53.1 Å². The lowest BCUT2D eigenvalue weighted by molar-refractivity contribution is 0.158. The van der Waals surface area contributed by atoms with Crippen LogP contribution in [0.25, 0.3) is 11.0 Å². The minimum atomic E-state index is 0.465. The Kier molecular flexibility index (Phi) is 5.37. The molecule has 0 amide bonds. The molecule has 1 unspecified atom stereocenters. The van der Waals surface area contributed by atoms with Gasteiger partial charge < -0.3 is 15.0 Å². The highest BCUT2D eigenvalue weighted by Gasteiger charge is 2.15. The van der Waals surface area contributed by atoms with Crippen molar-refractivity contribution < 1.29 is 4.74 Å². The summed E-state index contributed by atoms with van der Waals surface area (Å²) in [7, 11) is 1.75. The molecule has 1 aromatic carbocycles. The van der Waals surface area contributed by atoms with Gasteiger partial charge in [-0.3, -0.25) is 0 Å². The Labute approximate surface area is 127 Å². The van der Waals surface area contributed by atoms with Crippen LogP contribution >= 0.6 is 0 Å². The van der Waals surface area contributed by atoms with Crippen molar-refractivity contribution in [3.63, 3.8) is 0 Å². The zero-order chi connectivity index (χ0) is 15.4. The average Bonchev–Trinajstić information content (AvgIpc) is 2.75. The van der Waals surface area contributed by atoms with Crippen LogP contribution in [0.2, 0.25) is 0 Å². The number of imidazole rings is 1. The first-order valence-electron chi connectivity index (χ1n) is 7.72. The van der Waals surface area contributed by atoms with Gasteiger partial charge in [0, 0.05) is 33.2 Å². The molecular weight excluding hydrogens is 262 g/mol. The molecule has 0 radical (unpaired) electrons. The van der Waals surface area contributed by atoms with Gasteiger partial charge in [-0.2, -0.15) is 0 Å². The molecule has 21 heavy (non-hydrogen) atoms. The molecule has 1 aromatic heterocycles. The van der Waals surface area contributed by atoms with Crippen molar-refractivity contribution in [2.24, 2.45) is 17.6 Å². The van der Waals surface area contributed by atoms with Crippen molar-refractivity contribution in [2.75, 3.05) is 13.7 Å². The van der Waals surface area contributed by atoms with Gasteiger partial charge in [-0.25, -0.2) is 4.98 Å². The minimum absolute atomic E-state index is 0.465. The molecule has 0 bridgehead atoms. The Morgan fingerprint density at radius 2 is 2.05 bits per heavy atom. The van der Waals surface area contributed by atoms with E-state index in [-0.39, 0.29) is 0 Å². The fraction of sp³-hybridized carbons (Fsp3) is 0.588. The van der Waals surface area contributed by atoms with E-state index in [4.69, 9.17) is 15.5 Å². The summed E-state index contributed by atoms with van der Waals surface area (Å²) >= 11 is 0. The third-order valence-electron chi connectivity index (χ3n) is 3.66. The summed E-state index contributed by atoms with van der Waals surface area (Å²) in [5.41, 5.74) is 9.13. The van der Waals surface area contributed by atoms with E-state index in [1.807, 2.05) is 0 Å². The van der Waals surface area contributed by atoms with Gasteiger partial charge in [-0.1, -0.05) is 26.8 Å². The fourth-order valence-corrected chi connectivity index (χ4v) is 2.73. The standard InChI is InChI=1S/C17H27N3O/c1-12(2)10-20-16-6-5-14(9-18)8-15(16)19-17(20)7-13(3)11-21-4/h5-6,8,12-13H,7,9-11,18H2,1-4H3. The lowest BCUT2D eigenvalue weighted by Gasteiger charge is -2.14. The molecule has 0 saturated heterocycles. The van der Waals surface area contributed by atoms with Crippen LogP contribution in [0.3, 0.4) is 0 Å². The molecule has 2 N–H and O–H groups in total. The van der Waals surface area contributed by atoms with Crippen molar-refractivity contribution in [3.8, 4) is 0 Å². The molecule has 0 aliphatic heterocycles. The number of aromatic nitrogens is 2. The number of methoxy groups -OCH3 is 1. The number of hydrogen-bond acceptors (Lipinski definition) is 3. The summed E-state index contributed by atoms with van der Waals surface area (Å²) in [4.78, 5) is 4.85. The van der Waals surface area contributed by atoms with Gasteiger partial charge in [0.25, 0.3) is 0 Å². The second-order valence-corrected chi connectivity index (χ2v) is 6.32. The molecular formula is C17H27N3O. The molecule has 0 saturated carbocycles. The Bertz CT molecular complexity index is 589. The summed E-state index contributed by atoms with van der Waals surface area (Å²) < 4.78 is 7.61. The number of ether oxygens (including phenoxy) is 1. The molecule has 0 spiro atoms. The van der Waals surface area contributed by atoms with E-state index in [1.165, 1.54) is 5.52 Å². The highest BCUT2D eigenvalue weighted by molar-refractivity contribution is 5.77. The predicted molar refractivity (Wildman–Crippen MR) is 87.2 cm³/mol. The number of hydrogen-bond donors (Lipinski definition) is 1. The maximum absolute atomic E-state index is 5.74. The zero-order valence-corrected chi connectivity index (χ0v) is 13.6. The van der Waals surface area contributed by atoms with Crippen LogP contribution in [0.1, 0.15) is 32.2 Å². The number of fused-ring (bicyclic) bond motifs is 1. The molecule has 116 valence electrons. The van der Waals surface area contributed by atoms with E-state index in [0.29, 0.717) is 18.4 Å². The van der Waals surface area contributed by atoms with Crippen LogP contribution in [-0.4, -0.2) is 23.3 Å². The molecule has 1 heterocycles. The smallest absolute Gasteiger partial charge is 0.110 e. The van der Waals surface area contributed by atoms with Gasteiger partial charge in [0.1, 0.15) is 5.82 Å². The first-order chi connectivity index (χ1) is 10.0. The number of nitrogens with two attached hydrogens (primary N) is 1. The zero-order valence-electron chi connectivity index (χ0n) is 13.6. The SMILES string of the molecule is COCC(C)Cc1nc2cc(CN)ccc2n1CC(C)C. The van der Waals surface area contributed by atoms with Gasteiger partial charge in [0.15, 0.2) is 0 Å². The minimum Gasteiger partial charge on any atom is -0.384 e. The molecule has 1 atom stereocenters. The van der Waals surface area contributed by atoms with Crippen LogP contribution in [0.5, 0.6) is 0 Å². The Balaban J connectivity index is 2.41. The van der Waals surface area contributed by atoms with Crippen LogP contribution < -0.4 is 5.73 Å². The summed E-state index contributed by atoms with van der Waals surface area (Å²) in [6.45, 7) is 8.99. The van der Waals surface area contributed by atoms with Crippen molar-refractivity contribution >= 4 is 11.0 Å². The maximum Gasteiger partial charge on any atom is 0.110 e. The van der Waals surface area contributed by atoms with E-state index >= 15 is 0 Å². The summed E-state index contributed by atoms with van der Waals surface area (Å²) in [5, 5.41) is 0. The number of rotatable bonds is 7. The summed E-state index contributed by atoms with van der Waals surface area (Å²) in [6, 6.07) is 6.36. The Hall–Kier alpha value is -1.39. The molecule has 0 aliphatic carbocycles. The Morgan fingerprint density at radius 1 is 1.29 bits per heavy atom. The van der Waals surface area contributed by atoms with Crippen LogP contribution in [0, 0.1) is 11.8 Å². The Morgan fingerprint density at radius 3 is 2.67 bits per heavy atom. The van der Waals surface area contributed by atoms with Gasteiger partial charge in [0.2, 0.25) is 0 Å². The van der Waals surface area contributed by atoms with Crippen molar-refractivity contribution in [1.29, 1.82) is 0 Å². The molecule has 0 aliphatic rings. The molecule has 2 rings (SSSR count). The maximum atomic E-state index is 5.74. The van der Waals surface area contributed by atoms with E-state index in [0.717, 1.165) is 36.5 Å². The van der Waals surface area contributed by atoms with Crippen molar-refractivity contribution in [3.05, 3.63) is 29.6 Å². The van der Waals surface area contributed by atoms with E-state index < -0.39 is 0 Å². The number of benzene rings is 1. The molecule has 4 nitrogen and oxygen atoms in total. The third kappa shape index (κ3) is 3.83. The third-order valence-corrected chi connectivity index (χ3v) is 3.66. The van der Waals surface area contributed by atoms with Gasteiger partial charge in [-0.15, -0.1) is 0 Å². The molecule has 0 fully saturated rings. The van der Waals surface area contributed by atoms with Crippen molar-refractivity contribution in [1.82, 2.24) is 9.55 Å². The first kappa shape index (κ1) is 16.0. The van der Waals surface area contributed by atoms with Crippen molar-refractivity contribution in [2.45, 2.75) is 40.3 Å². The molecule has 4 heteroatoms. The van der Waals surface area contributed by atoms with Crippen LogP contribution in [0.4, 0.5) is 0 Å². The average molecular weight is 289 g/mol. The van der Waals surface area contributed by atoms with Crippen LogP contribution in [0.15, 0.2) is 18.2 Å². The van der Waals surface area contributed by atoms with E-state index in [1.54, 1.807) is 7.11 Å². The van der Waals surface area contributed by atoms with Gasteiger partial charge >= 0.3 is 0 Å². The second kappa shape index (κ2) is 7.05. The summed E-state index contributed by atoms with van der Waals surface area (Å²) in [5.74, 6) is 2.21. The first-order valence-corrected chi connectivity index (χ1v) is 7.72. The monoisotopic (exact) mass is 289 g/mol. The largest absolute Gasteiger partial charge is 0.384 e. The highest BCUT2D eigenvalue weighted by atomic mass is 16.5. The fourth-order valence-electron chi connectivity index (χ4n) is 2.73. The highest BCUT2D eigenvalue weighted by Crippen LogP contribution is 2.21. The van der Waals surface area contributed by atoms with E-state index in [9.17, 15) is 0 Å². The molecule has 2 aromatic rings. The van der Waals surface area contributed by atoms with Gasteiger partial charge in [-0.05, 0) is 29.5 Å². The second-order valence-electron chi connectivity index (χ2n) is 6.32. The van der Waals surface area contributed by atoms with E-state index in [2.05, 4.69) is 43.5 Å². The normalized spacial score (nSPS) is 13.2. The lowest BCUT2D eigenvalue weighted by atomic mass is 10.1. The quantitative estimate of drug-likeness (QED) is 0.852. The van der Waals surface area contributed by atoms with Gasteiger partial charge in [0.05, 0.1) is 11.0 Å². The lowest BCUT2D eigenvalue weighted by Crippen LogP contribution is -2.14. The number of nitrogens with zero attached hydrogens (tertiary/aromatic N) is 2. The predicted octanol–water partition coefficient (Wildman–Crippen LogP) is 2.98. The summed E-state index contributed by atoms with van der Waals surface area (Å²) in [6.07, 6.45) is 0.938. The van der Waals surface area contributed by atoms with Crippen LogP contribution in [-0.2, 0) is 24.2 Å².